The van der Waals surface area contributed by atoms with Gasteiger partial charge in [-0.1, -0.05) is 58.0 Å². The Morgan fingerprint density at radius 2 is 1.91 bits per heavy atom. The van der Waals surface area contributed by atoms with Gasteiger partial charge in [-0.2, -0.15) is 5.10 Å². The number of carbonyl (C=O) groups is 1. The van der Waals surface area contributed by atoms with Crippen LogP contribution in [0.15, 0.2) is 87.5 Å². The molecule has 0 fully saturated rings. The summed E-state index contributed by atoms with van der Waals surface area (Å²) in [7, 11) is 0. The first-order chi connectivity index (χ1) is 17.0. The molecule has 4 aromatic rings. The van der Waals surface area contributed by atoms with Gasteiger partial charge in [0, 0.05) is 21.3 Å². The molecule has 0 unspecified atom stereocenters. The van der Waals surface area contributed by atoms with E-state index in [1.807, 2.05) is 66.1 Å². The van der Waals surface area contributed by atoms with E-state index in [2.05, 4.69) is 36.7 Å². The van der Waals surface area contributed by atoms with Crippen LogP contribution in [0.3, 0.4) is 0 Å². The minimum Gasteiger partial charge on any atom is -0.507 e. The predicted molar refractivity (Wildman–Crippen MR) is 140 cm³/mol. The number of nitrogens with zero attached hydrogens (tertiary/aromatic N) is 4. The van der Waals surface area contributed by atoms with Gasteiger partial charge in [-0.3, -0.25) is 9.36 Å². The van der Waals surface area contributed by atoms with Gasteiger partial charge < -0.3 is 9.84 Å². The van der Waals surface area contributed by atoms with E-state index in [1.165, 1.54) is 18.0 Å². The number of amides is 1. The van der Waals surface area contributed by atoms with Crippen LogP contribution in [-0.2, 0) is 4.79 Å². The number of phenols is 1. The van der Waals surface area contributed by atoms with E-state index in [0.717, 1.165) is 21.5 Å². The molecule has 0 radical (unpaired) electrons. The largest absolute Gasteiger partial charge is 0.507 e. The number of thioether (sulfide) groups is 1. The first kappa shape index (κ1) is 24.5. The molecule has 0 aliphatic rings. The fourth-order valence-corrected chi connectivity index (χ4v) is 4.32. The molecule has 1 heterocycles. The number of nitrogens with one attached hydrogen (secondary N) is 1. The third-order valence-corrected chi connectivity index (χ3v) is 6.21. The van der Waals surface area contributed by atoms with Gasteiger partial charge in [0.1, 0.15) is 11.5 Å². The molecule has 1 aromatic heterocycles. The van der Waals surface area contributed by atoms with Gasteiger partial charge in [0.25, 0.3) is 5.91 Å². The Balaban J connectivity index is 1.51. The van der Waals surface area contributed by atoms with Crippen LogP contribution in [-0.4, -0.2) is 44.4 Å². The molecule has 0 saturated heterocycles. The number of carbonyl (C=O) groups excluding carboxylic acids is 1. The topological polar surface area (TPSA) is 102 Å². The molecule has 1 amide bonds. The van der Waals surface area contributed by atoms with E-state index in [1.54, 1.807) is 18.2 Å². The van der Waals surface area contributed by atoms with Crippen LogP contribution in [0.1, 0.15) is 12.5 Å². The smallest absolute Gasteiger partial charge is 0.250 e. The molecule has 4 rings (SSSR count). The van der Waals surface area contributed by atoms with Crippen molar-refractivity contribution in [3.8, 4) is 28.6 Å². The highest BCUT2D eigenvalue weighted by molar-refractivity contribution is 9.10. The molecule has 8 nitrogen and oxygen atoms in total. The predicted octanol–water partition coefficient (Wildman–Crippen LogP) is 5.04. The van der Waals surface area contributed by atoms with Crippen LogP contribution in [0.5, 0.6) is 11.5 Å². The highest BCUT2D eigenvalue weighted by atomic mass is 79.9. The van der Waals surface area contributed by atoms with E-state index >= 15 is 0 Å². The number of phenolic OH excluding ortho intramolecular Hbond substituents is 1. The van der Waals surface area contributed by atoms with Gasteiger partial charge in [-0.05, 0) is 49.4 Å². The monoisotopic (exact) mass is 551 g/mol. The van der Waals surface area contributed by atoms with E-state index < -0.39 is 0 Å². The second-order valence-electron chi connectivity index (χ2n) is 7.22. The molecular weight excluding hydrogens is 530 g/mol. The van der Waals surface area contributed by atoms with E-state index in [4.69, 9.17) is 4.74 Å². The second kappa shape index (κ2) is 11.7. The molecule has 2 N–H and O–H groups in total. The quantitative estimate of drug-likeness (QED) is 0.171. The summed E-state index contributed by atoms with van der Waals surface area (Å²) in [6.07, 6.45) is 1.39. The van der Waals surface area contributed by atoms with Gasteiger partial charge in [0.15, 0.2) is 11.0 Å². The maximum absolute atomic E-state index is 12.4. The normalized spacial score (nSPS) is 11.0. The van der Waals surface area contributed by atoms with Gasteiger partial charge in [0.2, 0.25) is 0 Å². The lowest BCUT2D eigenvalue weighted by atomic mass is 10.2. The van der Waals surface area contributed by atoms with Crippen molar-refractivity contribution in [2.45, 2.75) is 12.1 Å². The molecule has 178 valence electrons. The molecule has 0 aliphatic heterocycles. The van der Waals surface area contributed by atoms with E-state index in [0.29, 0.717) is 23.2 Å². The highest BCUT2D eigenvalue weighted by Gasteiger charge is 2.17. The summed E-state index contributed by atoms with van der Waals surface area (Å²) >= 11 is 4.59. The number of hydrogen-bond donors (Lipinski definition) is 2. The summed E-state index contributed by atoms with van der Waals surface area (Å²) in [5.74, 6) is 1.27. The summed E-state index contributed by atoms with van der Waals surface area (Å²) in [6.45, 7) is 2.52. The van der Waals surface area contributed by atoms with Gasteiger partial charge in [-0.15, -0.1) is 10.2 Å². The molecule has 3 aromatic carbocycles. The fourth-order valence-electron chi connectivity index (χ4n) is 3.19. The molecule has 35 heavy (non-hydrogen) atoms. The van der Waals surface area contributed by atoms with Crippen molar-refractivity contribution in [1.82, 2.24) is 20.2 Å². The van der Waals surface area contributed by atoms with Crippen molar-refractivity contribution in [2.75, 3.05) is 12.4 Å². The zero-order valence-electron chi connectivity index (χ0n) is 18.8. The molecule has 10 heteroatoms. The summed E-state index contributed by atoms with van der Waals surface area (Å²) in [6, 6.07) is 22.3. The Morgan fingerprint density at radius 1 is 1.14 bits per heavy atom. The van der Waals surface area contributed by atoms with Crippen LogP contribution in [0.25, 0.3) is 17.1 Å². The van der Waals surface area contributed by atoms with Gasteiger partial charge >= 0.3 is 0 Å². The molecule has 0 aliphatic carbocycles. The maximum atomic E-state index is 12.4. The lowest BCUT2D eigenvalue weighted by Gasteiger charge is -2.11. The van der Waals surface area contributed by atoms with Crippen LogP contribution in [0, 0.1) is 0 Å². The van der Waals surface area contributed by atoms with Crippen LogP contribution in [0.4, 0.5) is 0 Å². The second-order valence-corrected chi connectivity index (χ2v) is 9.08. The van der Waals surface area contributed by atoms with Crippen molar-refractivity contribution < 1.29 is 14.6 Å². The van der Waals surface area contributed by atoms with E-state index in [9.17, 15) is 9.90 Å². The zero-order valence-corrected chi connectivity index (χ0v) is 21.2. The lowest BCUT2D eigenvalue weighted by molar-refractivity contribution is -0.118. The lowest BCUT2D eigenvalue weighted by Crippen LogP contribution is -2.20. The van der Waals surface area contributed by atoms with Gasteiger partial charge in [-0.25, -0.2) is 5.43 Å². The van der Waals surface area contributed by atoms with Crippen molar-refractivity contribution >= 4 is 39.8 Å². The summed E-state index contributed by atoms with van der Waals surface area (Å²) in [4.78, 5) is 12.4. The fraction of sp³-hybridized carbons (Fsp3) is 0.120. The summed E-state index contributed by atoms with van der Waals surface area (Å²) in [5.41, 5.74) is 4.71. The molecule has 0 spiro atoms. The Bertz CT molecular complexity index is 1330. The summed E-state index contributed by atoms with van der Waals surface area (Å²) in [5, 5.41) is 23.1. The van der Waals surface area contributed by atoms with Crippen LogP contribution < -0.4 is 10.2 Å². The third kappa shape index (κ3) is 6.28. The maximum Gasteiger partial charge on any atom is 0.250 e. The minimum absolute atomic E-state index is 0.0671. The SMILES string of the molecule is CCOc1ccc(-n2c(SCC(=O)N/N=C/c3cc(Br)ccc3O)nnc2-c2ccccc2)cc1. The molecule has 0 bridgehead atoms. The zero-order chi connectivity index (χ0) is 24.6. The minimum atomic E-state index is -0.316. The number of aromatic hydroxyl groups is 1. The number of halogens is 1. The van der Waals surface area contributed by atoms with Crippen molar-refractivity contribution in [3.63, 3.8) is 0 Å². The Kier molecular flexibility index (Phi) is 8.17. The number of hydrazone groups is 1. The Morgan fingerprint density at radius 3 is 2.66 bits per heavy atom. The number of hydrogen-bond acceptors (Lipinski definition) is 7. The van der Waals surface area contributed by atoms with Gasteiger partial charge in [0.05, 0.1) is 18.6 Å². The van der Waals surface area contributed by atoms with Crippen LogP contribution in [0.2, 0.25) is 0 Å². The first-order valence-electron chi connectivity index (χ1n) is 10.7. The molecule has 0 atom stereocenters. The number of aromatic nitrogens is 3. The first-order valence-corrected chi connectivity index (χ1v) is 12.5. The molecule has 0 saturated carbocycles. The number of ether oxygens (including phenoxy) is 1. The Hall–Kier alpha value is -3.63. The van der Waals surface area contributed by atoms with Crippen LogP contribution >= 0.6 is 27.7 Å². The van der Waals surface area contributed by atoms with Crippen molar-refractivity contribution in [1.29, 1.82) is 0 Å². The number of benzene rings is 3. The average Bonchev–Trinajstić information content (AvgIpc) is 3.30. The molecular formula is C25H22BrN5O3S. The third-order valence-electron chi connectivity index (χ3n) is 4.79. The number of rotatable bonds is 9. The highest BCUT2D eigenvalue weighted by Crippen LogP contribution is 2.29. The summed E-state index contributed by atoms with van der Waals surface area (Å²) < 4.78 is 8.26. The Labute approximate surface area is 215 Å². The van der Waals surface area contributed by atoms with E-state index in [-0.39, 0.29) is 17.4 Å². The standard InChI is InChI=1S/C25H22BrN5O3S/c1-2-34-21-11-9-20(10-12-21)31-24(17-6-4-3-5-7-17)29-30-25(31)35-16-23(33)28-27-15-18-14-19(26)8-13-22(18)32/h3-15,32H,2,16H2,1H3,(H,28,33)/b27-15+. The average molecular weight is 552 g/mol. The van der Waals surface area contributed by atoms with Crippen molar-refractivity contribution in [3.05, 3.63) is 82.8 Å². The van der Waals surface area contributed by atoms with Crippen molar-refractivity contribution in [2.24, 2.45) is 5.10 Å².